The predicted octanol–water partition coefficient (Wildman–Crippen LogP) is 1.34. The second-order valence-corrected chi connectivity index (χ2v) is 5.32. The van der Waals surface area contributed by atoms with Gasteiger partial charge < -0.3 is 19.8 Å². The van der Waals surface area contributed by atoms with Crippen LogP contribution in [0.25, 0.3) is 0 Å². The summed E-state index contributed by atoms with van der Waals surface area (Å²) in [6.07, 6.45) is 1.55. The van der Waals surface area contributed by atoms with E-state index in [0.717, 1.165) is 11.3 Å². The molecule has 0 unspecified atom stereocenters. The van der Waals surface area contributed by atoms with Crippen LogP contribution in [-0.2, 0) is 11.3 Å². The monoisotopic (exact) mass is 331 g/mol. The van der Waals surface area contributed by atoms with E-state index in [0.29, 0.717) is 24.3 Å². The van der Waals surface area contributed by atoms with Gasteiger partial charge in [0, 0.05) is 31.1 Å². The Kier molecular flexibility index (Phi) is 6.08. The highest BCUT2D eigenvalue weighted by atomic mass is 16.5. The molecule has 0 radical (unpaired) electrons. The lowest BCUT2D eigenvalue weighted by atomic mass is 10.1. The Morgan fingerprint density at radius 2 is 2.12 bits per heavy atom. The Labute approximate surface area is 140 Å². The highest BCUT2D eigenvalue weighted by molar-refractivity contribution is 5.96. The topological polar surface area (TPSA) is 93.3 Å². The Morgan fingerprint density at radius 1 is 1.33 bits per heavy atom. The van der Waals surface area contributed by atoms with Crippen molar-refractivity contribution in [2.75, 3.05) is 20.3 Å². The van der Waals surface area contributed by atoms with Gasteiger partial charge in [-0.3, -0.25) is 9.59 Å². The van der Waals surface area contributed by atoms with Crippen molar-refractivity contribution in [3.05, 3.63) is 57.1 Å². The summed E-state index contributed by atoms with van der Waals surface area (Å²) in [4.78, 5) is 31.2. The summed E-state index contributed by atoms with van der Waals surface area (Å²) in [5, 5.41) is 2.74. The van der Waals surface area contributed by atoms with Crippen LogP contribution in [0.5, 0.6) is 5.88 Å². The third-order valence-electron chi connectivity index (χ3n) is 3.46. The van der Waals surface area contributed by atoms with Crippen LogP contribution in [-0.4, -0.2) is 36.2 Å². The highest BCUT2D eigenvalue weighted by Gasteiger charge is 2.14. The van der Waals surface area contributed by atoms with Gasteiger partial charge in [0.2, 0.25) is 5.88 Å². The molecule has 0 aromatic carbocycles. The van der Waals surface area contributed by atoms with Gasteiger partial charge >= 0.3 is 0 Å². The lowest BCUT2D eigenvalue weighted by Gasteiger charge is -2.11. The fourth-order valence-corrected chi connectivity index (χ4v) is 2.27. The van der Waals surface area contributed by atoms with Gasteiger partial charge in [0.05, 0.1) is 6.61 Å². The van der Waals surface area contributed by atoms with E-state index in [1.165, 1.54) is 0 Å². The molecule has 1 amide bonds. The van der Waals surface area contributed by atoms with Crippen molar-refractivity contribution in [1.29, 1.82) is 0 Å². The van der Waals surface area contributed by atoms with Gasteiger partial charge in [-0.2, -0.15) is 0 Å². The quantitative estimate of drug-likeness (QED) is 0.747. The summed E-state index contributed by atoms with van der Waals surface area (Å²) in [6, 6.07) is 5.14. The maximum absolute atomic E-state index is 12.4. The molecule has 7 heteroatoms. The molecule has 0 atom stereocenters. The Morgan fingerprint density at radius 3 is 2.83 bits per heavy atom. The van der Waals surface area contributed by atoms with E-state index in [2.05, 4.69) is 15.3 Å². The van der Waals surface area contributed by atoms with Gasteiger partial charge in [0.15, 0.2) is 0 Å². The van der Waals surface area contributed by atoms with Crippen molar-refractivity contribution in [3.63, 3.8) is 0 Å². The van der Waals surface area contributed by atoms with Crippen LogP contribution in [0.2, 0.25) is 0 Å². The second kappa shape index (κ2) is 8.26. The van der Waals surface area contributed by atoms with Crippen LogP contribution in [0.4, 0.5) is 0 Å². The van der Waals surface area contributed by atoms with Crippen LogP contribution in [0.3, 0.4) is 0 Å². The predicted molar refractivity (Wildman–Crippen MR) is 89.3 cm³/mol. The molecule has 0 saturated heterocycles. The zero-order chi connectivity index (χ0) is 17.5. The molecule has 2 aromatic rings. The molecule has 0 aliphatic rings. The van der Waals surface area contributed by atoms with Crippen LogP contribution in [0, 0.1) is 13.8 Å². The molecular formula is C17H21N3O4. The molecule has 0 fully saturated rings. The summed E-state index contributed by atoms with van der Waals surface area (Å²) in [6.45, 7) is 4.48. The summed E-state index contributed by atoms with van der Waals surface area (Å²) in [5.41, 5.74) is 2.26. The van der Waals surface area contributed by atoms with Crippen LogP contribution >= 0.6 is 0 Å². The largest absolute Gasteiger partial charge is 0.475 e. The number of amides is 1. The number of aromatic nitrogens is 2. The van der Waals surface area contributed by atoms with Crippen molar-refractivity contribution in [1.82, 2.24) is 15.3 Å². The smallest absolute Gasteiger partial charge is 0.257 e. The number of hydrogen-bond acceptors (Lipinski definition) is 5. The number of ether oxygens (including phenoxy) is 2. The first kappa shape index (κ1) is 17.7. The number of hydrogen-bond donors (Lipinski definition) is 2. The van der Waals surface area contributed by atoms with Crippen LogP contribution < -0.4 is 15.6 Å². The van der Waals surface area contributed by atoms with E-state index in [9.17, 15) is 9.59 Å². The summed E-state index contributed by atoms with van der Waals surface area (Å²) in [5.74, 6) is -0.114. The molecule has 2 N–H and O–H groups in total. The molecule has 24 heavy (non-hydrogen) atoms. The second-order valence-electron chi connectivity index (χ2n) is 5.32. The molecule has 0 spiro atoms. The number of nitrogens with zero attached hydrogens (tertiary/aromatic N) is 1. The molecule has 0 saturated carbocycles. The van der Waals surface area contributed by atoms with Gasteiger partial charge in [-0.1, -0.05) is 0 Å². The van der Waals surface area contributed by atoms with Crippen LogP contribution in [0.1, 0.15) is 27.2 Å². The highest BCUT2D eigenvalue weighted by Crippen LogP contribution is 2.14. The van der Waals surface area contributed by atoms with Gasteiger partial charge in [-0.25, -0.2) is 4.98 Å². The first-order valence-electron chi connectivity index (χ1n) is 7.57. The molecule has 7 nitrogen and oxygen atoms in total. The molecule has 2 aromatic heterocycles. The summed E-state index contributed by atoms with van der Waals surface area (Å²) < 4.78 is 10.4. The maximum Gasteiger partial charge on any atom is 0.257 e. The first-order valence-corrected chi connectivity index (χ1v) is 7.57. The third kappa shape index (κ3) is 4.42. The number of methoxy groups -OCH3 is 1. The molecule has 2 rings (SSSR count). The normalized spacial score (nSPS) is 10.5. The van der Waals surface area contributed by atoms with Crippen molar-refractivity contribution in [3.8, 4) is 5.88 Å². The molecule has 0 aliphatic carbocycles. The zero-order valence-corrected chi connectivity index (χ0v) is 14.0. The standard InChI is InChI=1S/C17H21N3O4/c1-11-9-12(2)20-16(22)14(11)10-19-15(21)13-5-4-6-18-17(13)24-8-7-23-3/h4-6,9H,7-8,10H2,1-3H3,(H,19,21)(H,20,22). The first-order chi connectivity index (χ1) is 11.5. The minimum atomic E-state index is -0.352. The summed E-state index contributed by atoms with van der Waals surface area (Å²) >= 11 is 0. The fourth-order valence-electron chi connectivity index (χ4n) is 2.27. The maximum atomic E-state index is 12.4. The van der Waals surface area contributed by atoms with E-state index in [4.69, 9.17) is 9.47 Å². The number of nitrogens with one attached hydrogen (secondary N) is 2. The fraction of sp³-hybridized carbons (Fsp3) is 0.353. The third-order valence-corrected chi connectivity index (χ3v) is 3.46. The van der Waals surface area contributed by atoms with Crippen molar-refractivity contribution < 1.29 is 14.3 Å². The van der Waals surface area contributed by atoms with Gasteiger partial charge in [0.25, 0.3) is 11.5 Å². The van der Waals surface area contributed by atoms with Crippen molar-refractivity contribution in [2.45, 2.75) is 20.4 Å². The number of carbonyl (C=O) groups excluding carboxylic acids is 1. The SMILES string of the molecule is COCCOc1ncccc1C(=O)NCc1c(C)cc(C)[nH]c1=O. The van der Waals surface area contributed by atoms with Gasteiger partial charge in [-0.05, 0) is 37.6 Å². The number of aromatic amines is 1. The minimum absolute atomic E-state index is 0.132. The van der Waals surface area contributed by atoms with Crippen molar-refractivity contribution >= 4 is 5.91 Å². The van der Waals surface area contributed by atoms with Gasteiger partial charge in [-0.15, -0.1) is 0 Å². The van der Waals surface area contributed by atoms with Crippen molar-refractivity contribution in [2.24, 2.45) is 0 Å². The minimum Gasteiger partial charge on any atom is -0.475 e. The van der Waals surface area contributed by atoms with Gasteiger partial charge in [0.1, 0.15) is 12.2 Å². The number of aryl methyl sites for hydroxylation is 2. The Bertz CT molecular complexity index is 771. The van der Waals surface area contributed by atoms with E-state index in [1.807, 2.05) is 19.9 Å². The molecule has 0 aliphatic heterocycles. The molecular weight excluding hydrogens is 310 g/mol. The average molecular weight is 331 g/mol. The molecule has 2 heterocycles. The lowest BCUT2D eigenvalue weighted by molar-refractivity contribution is 0.0941. The molecule has 128 valence electrons. The summed E-state index contributed by atoms with van der Waals surface area (Å²) in [7, 11) is 1.57. The number of rotatable bonds is 7. The van der Waals surface area contributed by atoms with E-state index in [1.54, 1.807) is 25.4 Å². The average Bonchev–Trinajstić information content (AvgIpc) is 2.54. The number of carbonyl (C=O) groups is 1. The number of pyridine rings is 2. The van der Waals surface area contributed by atoms with E-state index < -0.39 is 0 Å². The lowest BCUT2D eigenvalue weighted by Crippen LogP contribution is -2.28. The van der Waals surface area contributed by atoms with E-state index >= 15 is 0 Å². The number of H-pyrrole nitrogens is 1. The Balaban J connectivity index is 2.09. The molecule has 0 bridgehead atoms. The Hall–Kier alpha value is -2.67. The zero-order valence-electron chi connectivity index (χ0n) is 14.0. The van der Waals surface area contributed by atoms with Crippen LogP contribution in [0.15, 0.2) is 29.2 Å². The van der Waals surface area contributed by atoms with E-state index in [-0.39, 0.29) is 23.9 Å².